The molecule has 1 aromatic heterocycles. The van der Waals surface area contributed by atoms with Gasteiger partial charge in [0.2, 0.25) is 17.7 Å². The van der Waals surface area contributed by atoms with Crippen LogP contribution in [0, 0.1) is 6.92 Å². The van der Waals surface area contributed by atoms with Crippen LogP contribution in [0.15, 0.2) is 36.4 Å². The van der Waals surface area contributed by atoms with Crippen LogP contribution in [0.1, 0.15) is 29.7 Å². The normalized spacial score (nSPS) is 11.5. The fourth-order valence-corrected chi connectivity index (χ4v) is 3.66. The lowest BCUT2D eigenvalue weighted by atomic mass is 10.1. The minimum Gasteiger partial charge on any atom is -0.481 e. The number of hydrogen-bond acceptors (Lipinski definition) is 5. The summed E-state index contributed by atoms with van der Waals surface area (Å²) in [6.07, 6.45) is 0.244. The van der Waals surface area contributed by atoms with Gasteiger partial charge in [-0.3, -0.25) is 19.2 Å². The number of aliphatic carboxylic acids is 1. The number of amides is 3. The number of nitrogens with two attached hydrogens (primary N) is 1. The van der Waals surface area contributed by atoms with Crippen molar-refractivity contribution < 1.29 is 24.3 Å². The van der Waals surface area contributed by atoms with E-state index in [1.54, 1.807) is 11.3 Å². The first-order valence-corrected chi connectivity index (χ1v) is 10.3. The van der Waals surface area contributed by atoms with Gasteiger partial charge in [0.05, 0.1) is 6.54 Å². The number of benzene rings is 1. The smallest absolute Gasteiger partial charge is 0.303 e. The molecule has 8 nitrogen and oxygen atoms in total. The van der Waals surface area contributed by atoms with Gasteiger partial charge < -0.3 is 21.5 Å². The number of thiophene rings is 1. The Balaban J connectivity index is 1.89. The molecular formula is C21H25N3O5S. The Bertz CT molecular complexity index is 908. The molecule has 0 saturated carbocycles. The fraction of sp³-hybridized carbons (Fsp3) is 0.333. The van der Waals surface area contributed by atoms with Gasteiger partial charge >= 0.3 is 5.97 Å². The zero-order valence-electron chi connectivity index (χ0n) is 16.6. The lowest BCUT2D eigenvalue weighted by molar-refractivity contribution is -0.138. The molecule has 9 heteroatoms. The maximum Gasteiger partial charge on any atom is 0.303 e. The van der Waals surface area contributed by atoms with Crippen molar-refractivity contribution >= 4 is 35.0 Å². The molecule has 0 radical (unpaired) electrons. The Morgan fingerprint density at radius 2 is 1.77 bits per heavy atom. The number of hydrogen-bond donors (Lipinski definition) is 4. The third-order valence-corrected chi connectivity index (χ3v) is 5.40. The van der Waals surface area contributed by atoms with Crippen LogP contribution in [0.25, 0.3) is 10.4 Å². The van der Waals surface area contributed by atoms with E-state index in [2.05, 4.69) is 29.7 Å². The highest BCUT2D eigenvalue weighted by molar-refractivity contribution is 7.15. The van der Waals surface area contributed by atoms with Crippen molar-refractivity contribution in [3.63, 3.8) is 0 Å². The number of rotatable bonds is 11. The molecule has 1 atom stereocenters. The van der Waals surface area contributed by atoms with Gasteiger partial charge in [0, 0.05) is 22.6 Å². The molecule has 0 bridgehead atoms. The van der Waals surface area contributed by atoms with Crippen molar-refractivity contribution in [3.05, 3.63) is 46.8 Å². The predicted molar refractivity (Wildman–Crippen MR) is 114 cm³/mol. The van der Waals surface area contributed by atoms with Crippen molar-refractivity contribution in [2.45, 2.75) is 38.6 Å². The lowest BCUT2D eigenvalue weighted by Gasteiger charge is -2.17. The SMILES string of the molecule is Cc1ccc(-c2ccc(CCC(=O)N[C@@H](CCC(=O)O)C(=O)NCC(N)=O)cc2)s1. The summed E-state index contributed by atoms with van der Waals surface area (Å²) in [5.41, 5.74) is 7.08. The first-order valence-electron chi connectivity index (χ1n) is 9.47. The quantitative estimate of drug-likeness (QED) is 0.428. The summed E-state index contributed by atoms with van der Waals surface area (Å²) in [6.45, 7) is 1.67. The van der Waals surface area contributed by atoms with E-state index in [0.29, 0.717) is 6.42 Å². The highest BCUT2D eigenvalue weighted by Gasteiger charge is 2.21. The number of carbonyl (C=O) groups is 4. The number of carboxylic acid groups (broad SMARTS) is 1. The second-order valence-electron chi connectivity index (χ2n) is 6.84. The number of primary amides is 1. The van der Waals surface area contributed by atoms with Gasteiger partial charge in [-0.2, -0.15) is 0 Å². The number of nitrogens with one attached hydrogen (secondary N) is 2. The van der Waals surface area contributed by atoms with E-state index in [4.69, 9.17) is 10.8 Å². The zero-order chi connectivity index (χ0) is 22.1. The van der Waals surface area contributed by atoms with E-state index in [0.717, 1.165) is 11.1 Å². The Hall–Kier alpha value is -3.20. The third-order valence-electron chi connectivity index (χ3n) is 4.35. The summed E-state index contributed by atoms with van der Waals surface area (Å²) in [5, 5.41) is 13.7. The number of aryl methyl sites for hydroxylation is 2. The second kappa shape index (κ2) is 11.1. The molecule has 1 heterocycles. The topological polar surface area (TPSA) is 139 Å². The van der Waals surface area contributed by atoms with E-state index in [-0.39, 0.29) is 31.7 Å². The molecule has 5 N–H and O–H groups in total. The molecule has 160 valence electrons. The average Bonchev–Trinajstić information content (AvgIpc) is 3.14. The standard InChI is InChI=1S/C21H25N3O5S/c1-13-2-9-17(30-13)15-6-3-14(4-7-15)5-10-19(26)24-16(8-11-20(27)28)21(29)23-12-18(22)25/h2-4,6-7,9,16H,5,8,10-12H2,1H3,(H2,22,25)(H,23,29)(H,24,26)(H,27,28)/t16-/m0/s1. The first kappa shape index (κ1) is 23.1. The van der Waals surface area contributed by atoms with E-state index in [1.807, 2.05) is 24.3 Å². The van der Waals surface area contributed by atoms with Crippen molar-refractivity contribution in [2.75, 3.05) is 6.54 Å². The average molecular weight is 432 g/mol. The molecule has 2 rings (SSSR count). The summed E-state index contributed by atoms with van der Waals surface area (Å²) in [4.78, 5) is 48.4. The summed E-state index contributed by atoms with van der Waals surface area (Å²) in [7, 11) is 0. The highest BCUT2D eigenvalue weighted by Crippen LogP contribution is 2.27. The van der Waals surface area contributed by atoms with E-state index < -0.39 is 23.8 Å². The van der Waals surface area contributed by atoms with Crippen LogP contribution < -0.4 is 16.4 Å². The molecule has 30 heavy (non-hydrogen) atoms. The van der Waals surface area contributed by atoms with Gasteiger partial charge in [0.15, 0.2) is 0 Å². The molecule has 0 spiro atoms. The van der Waals surface area contributed by atoms with Gasteiger partial charge in [-0.25, -0.2) is 0 Å². The van der Waals surface area contributed by atoms with E-state index in [9.17, 15) is 19.2 Å². The molecule has 1 aromatic carbocycles. The molecule has 2 aromatic rings. The minimum atomic E-state index is -1.09. The Morgan fingerprint density at radius 3 is 2.33 bits per heavy atom. The maximum atomic E-state index is 12.3. The van der Waals surface area contributed by atoms with Crippen LogP contribution in [-0.4, -0.2) is 41.4 Å². The Morgan fingerprint density at radius 1 is 1.07 bits per heavy atom. The number of carbonyl (C=O) groups excluding carboxylic acids is 3. The van der Waals surface area contributed by atoms with Gasteiger partial charge in [-0.1, -0.05) is 24.3 Å². The van der Waals surface area contributed by atoms with Gasteiger partial charge in [0.25, 0.3) is 0 Å². The third kappa shape index (κ3) is 7.67. The molecule has 0 unspecified atom stereocenters. The minimum absolute atomic E-state index is 0.0827. The first-order chi connectivity index (χ1) is 14.2. The lowest BCUT2D eigenvalue weighted by Crippen LogP contribution is -2.48. The van der Waals surface area contributed by atoms with Crippen LogP contribution in [0.5, 0.6) is 0 Å². The summed E-state index contributed by atoms with van der Waals surface area (Å²) < 4.78 is 0. The molecule has 3 amide bonds. The Labute approximate surface area is 178 Å². The van der Waals surface area contributed by atoms with Crippen molar-refractivity contribution in [2.24, 2.45) is 5.73 Å². The molecule has 0 fully saturated rings. The molecule has 0 saturated heterocycles. The fourth-order valence-electron chi connectivity index (χ4n) is 2.78. The van der Waals surface area contributed by atoms with E-state index in [1.165, 1.54) is 9.75 Å². The van der Waals surface area contributed by atoms with Gasteiger partial charge in [-0.15, -0.1) is 11.3 Å². The van der Waals surface area contributed by atoms with Gasteiger partial charge in [0.1, 0.15) is 6.04 Å². The van der Waals surface area contributed by atoms with Crippen LogP contribution in [0.4, 0.5) is 0 Å². The molecular weight excluding hydrogens is 406 g/mol. The van der Waals surface area contributed by atoms with Crippen LogP contribution in [0.3, 0.4) is 0 Å². The monoisotopic (exact) mass is 431 g/mol. The van der Waals surface area contributed by atoms with Gasteiger partial charge in [-0.05, 0) is 43.0 Å². The summed E-state index contributed by atoms with van der Waals surface area (Å²) in [5.74, 6) is -2.83. The van der Waals surface area contributed by atoms with Crippen molar-refractivity contribution in [1.82, 2.24) is 10.6 Å². The molecule has 0 aliphatic carbocycles. The molecule has 0 aliphatic rings. The van der Waals surface area contributed by atoms with Crippen LogP contribution in [0.2, 0.25) is 0 Å². The molecule has 0 aliphatic heterocycles. The Kier molecular flexibility index (Phi) is 8.54. The van der Waals surface area contributed by atoms with Crippen molar-refractivity contribution in [3.8, 4) is 10.4 Å². The summed E-state index contributed by atoms with van der Waals surface area (Å²) in [6, 6.07) is 11.0. The summed E-state index contributed by atoms with van der Waals surface area (Å²) >= 11 is 1.71. The second-order valence-corrected chi connectivity index (χ2v) is 8.13. The number of carboxylic acids is 1. The highest BCUT2D eigenvalue weighted by atomic mass is 32.1. The van der Waals surface area contributed by atoms with Crippen molar-refractivity contribution in [1.29, 1.82) is 0 Å². The largest absolute Gasteiger partial charge is 0.481 e. The van der Waals surface area contributed by atoms with Crippen LogP contribution >= 0.6 is 11.3 Å². The zero-order valence-corrected chi connectivity index (χ0v) is 17.5. The predicted octanol–water partition coefficient (Wildman–Crippen LogP) is 1.61. The van der Waals surface area contributed by atoms with E-state index >= 15 is 0 Å². The maximum absolute atomic E-state index is 12.3. The van der Waals surface area contributed by atoms with Crippen LogP contribution in [-0.2, 0) is 25.6 Å².